The molecule has 0 aliphatic carbocycles. The minimum Gasteiger partial charge on any atom is -0.391 e. The van der Waals surface area contributed by atoms with E-state index in [1.807, 2.05) is 76.5 Å². The molecule has 4 rings (SSSR count). The molecule has 1 aliphatic heterocycles. The minimum atomic E-state index is -0.929. The van der Waals surface area contributed by atoms with E-state index >= 15 is 0 Å². The van der Waals surface area contributed by atoms with Crippen molar-refractivity contribution >= 4 is 35.0 Å². The lowest BCUT2D eigenvalue weighted by Crippen LogP contribution is -2.58. The maximum absolute atomic E-state index is 13.9. The highest BCUT2D eigenvalue weighted by Crippen LogP contribution is 2.28. The van der Waals surface area contributed by atoms with E-state index in [1.54, 1.807) is 11.3 Å². The number of likely N-dealkylation sites (tertiary alicyclic amines) is 1. The number of carbonyl (C=O) groups is 4. The van der Waals surface area contributed by atoms with Gasteiger partial charge in [0.2, 0.25) is 23.6 Å². The van der Waals surface area contributed by atoms with Crippen LogP contribution in [0.5, 0.6) is 0 Å². The zero-order valence-corrected chi connectivity index (χ0v) is 33.5. The number of rotatable bonds is 20. The van der Waals surface area contributed by atoms with Gasteiger partial charge in [-0.3, -0.25) is 19.2 Å². The van der Waals surface area contributed by atoms with Crippen LogP contribution in [-0.2, 0) is 48.2 Å². The number of hydrogen-bond acceptors (Lipinski definition) is 10. The SMILES string of the molecule is Cc1ncsc1-c1ccc(CNC(=O)[C@@H]2C[C@H](O)CN2C(=O)[C@@H](NC(=O)COCCCCc2ccc(CO[C@H](C)[C@@H](N)CCC(N)=O)cc2)C(C)(C)C)cc1. The molecule has 13 nitrogen and oxygen atoms in total. The first-order valence-corrected chi connectivity index (χ1v) is 19.9. The van der Waals surface area contributed by atoms with Crippen molar-refractivity contribution in [2.75, 3.05) is 19.8 Å². The smallest absolute Gasteiger partial charge is 0.246 e. The van der Waals surface area contributed by atoms with Crippen molar-refractivity contribution < 1.29 is 33.8 Å². The summed E-state index contributed by atoms with van der Waals surface area (Å²) in [6.07, 6.45) is 2.25. The van der Waals surface area contributed by atoms with Crippen LogP contribution in [0.15, 0.2) is 54.0 Å². The van der Waals surface area contributed by atoms with Gasteiger partial charge >= 0.3 is 0 Å². The number of carbonyl (C=O) groups excluding carboxylic acids is 4. The van der Waals surface area contributed by atoms with E-state index in [0.29, 0.717) is 19.6 Å². The average molecular weight is 779 g/mol. The standard InChI is InChI=1S/C41H58N6O7S/c1-26-37(55-25-45-26)31-15-13-29(14-16-31)21-44-39(51)34-20-32(48)22-47(34)40(52)38(41(3,4)5)46-36(50)24-53-19-7-6-8-28-9-11-30(12-10-28)23-54-27(2)33(42)17-18-35(43)49/h9-16,25,27,32-34,38,48H,6-8,17-24,42H2,1-5H3,(H2,43,49)(H,44,51)(H,46,50)/t27-,32+,33+,34+,38-/m1/s1. The molecule has 0 bridgehead atoms. The van der Waals surface area contributed by atoms with E-state index in [0.717, 1.165) is 46.5 Å². The van der Waals surface area contributed by atoms with Crippen molar-refractivity contribution in [2.24, 2.45) is 16.9 Å². The van der Waals surface area contributed by atoms with Gasteiger partial charge in [-0.15, -0.1) is 11.3 Å². The molecule has 0 unspecified atom stereocenters. The van der Waals surface area contributed by atoms with E-state index in [4.69, 9.17) is 20.9 Å². The quantitative estimate of drug-likeness (QED) is 0.106. The Kier molecular flexibility index (Phi) is 16.3. The van der Waals surface area contributed by atoms with E-state index in [9.17, 15) is 24.3 Å². The molecule has 0 saturated carbocycles. The number of nitrogens with two attached hydrogens (primary N) is 2. The van der Waals surface area contributed by atoms with Crippen LogP contribution >= 0.6 is 11.3 Å². The highest BCUT2D eigenvalue weighted by Gasteiger charge is 2.44. The van der Waals surface area contributed by atoms with Gasteiger partial charge in [0.05, 0.1) is 34.9 Å². The molecule has 1 aromatic heterocycles. The van der Waals surface area contributed by atoms with Crippen LogP contribution < -0.4 is 22.1 Å². The van der Waals surface area contributed by atoms with E-state index < -0.39 is 35.4 Å². The van der Waals surface area contributed by atoms with Gasteiger partial charge in [-0.2, -0.15) is 0 Å². The lowest BCUT2D eigenvalue weighted by atomic mass is 9.85. The van der Waals surface area contributed by atoms with Crippen molar-refractivity contribution in [2.45, 2.75) is 117 Å². The number of hydrogen-bond donors (Lipinski definition) is 5. The van der Waals surface area contributed by atoms with Gasteiger partial charge in [-0.1, -0.05) is 69.3 Å². The topological polar surface area (TPSA) is 199 Å². The van der Waals surface area contributed by atoms with E-state index in [-0.39, 0.29) is 56.5 Å². The molecule has 1 aliphatic rings. The summed E-state index contributed by atoms with van der Waals surface area (Å²) < 4.78 is 11.5. The highest BCUT2D eigenvalue weighted by atomic mass is 32.1. The number of ether oxygens (including phenoxy) is 2. The first kappa shape index (κ1) is 43.5. The Morgan fingerprint density at radius 1 is 1.04 bits per heavy atom. The van der Waals surface area contributed by atoms with Crippen molar-refractivity contribution in [3.63, 3.8) is 0 Å². The Bertz CT molecular complexity index is 1710. The molecule has 300 valence electrons. The number of thiazole rings is 1. The zero-order chi connectivity index (χ0) is 40.1. The Labute approximate surface area is 328 Å². The lowest BCUT2D eigenvalue weighted by Gasteiger charge is -2.35. The molecule has 1 fully saturated rings. The average Bonchev–Trinajstić information content (AvgIpc) is 3.77. The predicted molar refractivity (Wildman–Crippen MR) is 212 cm³/mol. The number of unbranched alkanes of at least 4 members (excludes halogenated alkanes) is 1. The first-order chi connectivity index (χ1) is 26.1. The van der Waals surface area contributed by atoms with Crippen LogP contribution in [-0.4, -0.2) is 88.7 Å². The van der Waals surface area contributed by atoms with Gasteiger partial charge in [-0.05, 0) is 67.2 Å². The first-order valence-electron chi connectivity index (χ1n) is 19.0. The number of nitrogens with zero attached hydrogens (tertiary/aromatic N) is 2. The summed E-state index contributed by atoms with van der Waals surface area (Å²) in [6, 6.07) is 14.0. The summed E-state index contributed by atoms with van der Waals surface area (Å²) in [5.41, 5.74) is 17.6. The fourth-order valence-electron chi connectivity index (χ4n) is 6.38. The van der Waals surface area contributed by atoms with Gasteiger partial charge in [0.25, 0.3) is 0 Å². The minimum absolute atomic E-state index is 0.00284. The molecule has 3 aromatic rings. The lowest BCUT2D eigenvalue weighted by molar-refractivity contribution is -0.144. The molecule has 5 atom stereocenters. The van der Waals surface area contributed by atoms with Gasteiger partial charge in [0, 0.05) is 38.6 Å². The summed E-state index contributed by atoms with van der Waals surface area (Å²) >= 11 is 1.58. The largest absolute Gasteiger partial charge is 0.391 e. The number of aryl methyl sites for hydroxylation is 2. The Balaban J connectivity index is 1.18. The number of aliphatic hydroxyl groups is 1. The molecule has 55 heavy (non-hydrogen) atoms. The van der Waals surface area contributed by atoms with Gasteiger partial charge < -0.3 is 41.6 Å². The Morgan fingerprint density at radius 2 is 1.71 bits per heavy atom. The summed E-state index contributed by atoms with van der Waals surface area (Å²) in [7, 11) is 0. The van der Waals surface area contributed by atoms with Crippen LogP contribution in [0.25, 0.3) is 10.4 Å². The third-order valence-electron chi connectivity index (χ3n) is 9.81. The number of aliphatic hydroxyl groups excluding tert-OH is 1. The second-order valence-corrected chi connectivity index (χ2v) is 16.3. The number of nitrogens with one attached hydrogen (secondary N) is 2. The molecular formula is C41H58N6O7S. The molecule has 14 heteroatoms. The predicted octanol–water partition coefficient (Wildman–Crippen LogP) is 3.76. The Hall–Kier alpha value is -4.21. The van der Waals surface area contributed by atoms with Crippen molar-refractivity contribution in [1.82, 2.24) is 20.5 Å². The Morgan fingerprint density at radius 3 is 2.35 bits per heavy atom. The summed E-state index contributed by atoms with van der Waals surface area (Å²) in [6.45, 7) is 10.3. The van der Waals surface area contributed by atoms with Crippen molar-refractivity contribution in [3.05, 3.63) is 76.4 Å². The molecule has 0 radical (unpaired) electrons. The highest BCUT2D eigenvalue weighted by molar-refractivity contribution is 7.13. The van der Waals surface area contributed by atoms with Crippen LogP contribution in [0.4, 0.5) is 0 Å². The molecule has 2 aromatic carbocycles. The molecule has 2 heterocycles. The van der Waals surface area contributed by atoms with Crippen LogP contribution in [0.2, 0.25) is 0 Å². The van der Waals surface area contributed by atoms with Gasteiger partial charge in [0.1, 0.15) is 18.7 Å². The fourth-order valence-corrected chi connectivity index (χ4v) is 7.19. The van der Waals surface area contributed by atoms with E-state index in [2.05, 4.69) is 27.8 Å². The number of primary amides is 1. The third kappa shape index (κ3) is 13.5. The van der Waals surface area contributed by atoms with Gasteiger partial charge in [-0.25, -0.2) is 4.98 Å². The third-order valence-corrected chi connectivity index (χ3v) is 10.8. The fraction of sp³-hybridized carbons (Fsp3) is 0.537. The summed E-state index contributed by atoms with van der Waals surface area (Å²) in [4.78, 5) is 58.0. The monoisotopic (exact) mass is 778 g/mol. The molecule has 7 N–H and O–H groups in total. The summed E-state index contributed by atoms with van der Waals surface area (Å²) in [5, 5.41) is 16.3. The maximum Gasteiger partial charge on any atom is 0.246 e. The zero-order valence-electron chi connectivity index (χ0n) is 32.7. The van der Waals surface area contributed by atoms with Crippen molar-refractivity contribution in [1.29, 1.82) is 0 Å². The number of β-amino-alcohol motifs (C(OH)–C–C–N with tert-alkyl or cyclic N) is 1. The van der Waals surface area contributed by atoms with E-state index in [1.165, 1.54) is 10.5 Å². The molecule has 1 saturated heterocycles. The second kappa shape index (κ2) is 20.6. The molecule has 4 amide bonds. The maximum atomic E-state index is 13.9. The van der Waals surface area contributed by atoms with Crippen molar-refractivity contribution in [3.8, 4) is 10.4 Å². The normalized spacial score (nSPS) is 17.4. The second-order valence-electron chi connectivity index (χ2n) is 15.5. The number of benzene rings is 2. The van der Waals surface area contributed by atoms with Gasteiger partial charge in [0.15, 0.2) is 0 Å². The molecular weight excluding hydrogens is 721 g/mol. The number of amides is 4. The molecule has 0 spiro atoms. The summed E-state index contributed by atoms with van der Waals surface area (Å²) in [5.74, 6) is -1.57. The number of aromatic nitrogens is 1. The van der Waals surface area contributed by atoms with Crippen LogP contribution in [0.1, 0.15) is 82.2 Å². The van der Waals surface area contributed by atoms with Crippen LogP contribution in [0, 0.1) is 12.3 Å². The van der Waals surface area contributed by atoms with Crippen LogP contribution in [0.3, 0.4) is 0 Å².